The Kier molecular flexibility index (Phi) is 4.27. The summed E-state index contributed by atoms with van der Waals surface area (Å²) in [5, 5.41) is 9.92. The second-order valence-electron chi connectivity index (χ2n) is 6.82. The van der Waals surface area contributed by atoms with Crippen molar-refractivity contribution in [3.8, 4) is 17.3 Å². The van der Waals surface area contributed by atoms with E-state index in [0.29, 0.717) is 22.4 Å². The number of hydrogen-bond acceptors (Lipinski definition) is 3. The monoisotopic (exact) mass is 391 g/mol. The zero-order valence-electron chi connectivity index (χ0n) is 15.6. The lowest BCUT2D eigenvalue weighted by atomic mass is 9.91. The summed E-state index contributed by atoms with van der Waals surface area (Å²) in [6.07, 6.45) is 1.54. The number of anilines is 1. The molecule has 0 bridgehead atoms. The van der Waals surface area contributed by atoms with E-state index in [1.165, 1.54) is 11.5 Å². The van der Waals surface area contributed by atoms with E-state index in [1.807, 2.05) is 0 Å². The highest BCUT2D eigenvalue weighted by Crippen LogP contribution is 2.47. The molecule has 1 atom stereocenters. The number of carbonyl (C=O) groups excluding carboxylic acids is 2. The van der Waals surface area contributed by atoms with Gasteiger partial charge >= 0.3 is 0 Å². The van der Waals surface area contributed by atoms with Gasteiger partial charge in [0.25, 0.3) is 5.91 Å². The van der Waals surface area contributed by atoms with Crippen molar-refractivity contribution in [2.24, 2.45) is 0 Å². The molecule has 0 saturated heterocycles. The van der Waals surface area contributed by atoms with Crippen LogP contribution in [0.1, 0.15) is 39.2 Å². The van der Waals surface area contributed by atoms with Crippen molar-refractivity contribution in [2.75, 3.05) is 4.90 Å². The topological polar surface area (TPSA) is 66.1 Å². The van der Waals surface area contributed by atoms with Crippen LogP contribution >= 0.6 is 0 Å². The number of rotatable bonds is 1. The Morgan fingerprint density at radius 1 is 1.10 bits per heavy atom. The minimum absolute atomic E-state index is 0.0393. The molecule has 0 fully saturated rings. The lowest BCUT2D eigenvalue weighted by Crippen LogP contribution is -2.37. The molecule has 3 aromatic rings. The van der Waals surface area contributed by atoms with Crippen molar-refractivity contribution in [3.05, 3.63) is 77.0 Å². The molecular formula is C22H15F2N3O2. The van der Waals surface area contributed by atoms with E-state index < -0.39 is 23.6 Å². The van der Waals surface area contributed by atoms with Gasteiger partial charge in [0.1, 0.15) is 0 Å². The summed E-state index contributed by atoms with van der Waals surface area (Å²) in [6, 6.07) is 11.1. The summed E-state index contributed by atoms with van der Waals surface area (Å²) in [4.78, 5) is 26.6. The average Bonchev–Trinajstić information content (AvgIpc) is 3.06. The van der Waals surface area contributed by atoms with Gasteiger partial charge in [0.2, 0.25) is 5.91 Å². The van der Waals surface area contributed by atoms with E-state index in [1.54, 1.807) is 43.5 Å². The number of aryl methyl sites for hydroxylation is 1. The SMILES string of the molecule is CC(=O)n1cc(C)c2c1-c1cc(F)c(F)cc1N(C(=O)c1ccccc1)C2C#N. The van der Waals surface area contributed by atoms with Crippen LogP contribution < -0.4 is 4.90 Å². The van der Waals surface area contributed by atoms with Crippen LogP contribution in [0.25, 0.3) is 11.3 Å². The number of nitrogens with zero attached hydrogens (tertiary/aromatic N) is 3. The molecule has 0 aliphatic carbocycles. The molecule has 1 aliphatic rings. The fourth-order valence-corrected chi connectivity index (χ4v) is 3.77. The van der Waals surface area contributed by atoms with Crippen LogP contribution in [0.15, 0.2) is 48.7 Å². The number of fused-ring (bicyclic) bond motifs is 3. The molecule has 7 heteroatoms. The number of carbonyl (C=O) groups is 2. The third-order valence-corrected chi connectivity index (χ3v) is 5.03. The van der Waals surface area contributed by atoms with E-state index in [0.717, 1.165) is 17.0 Å². The first-order valence-electron chi connectivity index (χ1n) is 8.85. The van der Waals surface area contributed by atoms with Gasteiger partial charge in [-0.25, -0.2) is 8.78 Å². The minimum atomic E-state index is -1.15. The van der Waals surface area contributed by atoms with E-state index >= 15 is 0 Å². The summed E-state index contributed by atoms with van der Waals surface area (Å²) >= 11 is 0. The van der Waals surface area contributed by atoms with Crippen molar-refractivity contribution in [2.45, 2.75) is 19.9 Å². The molecular weight excluding hydrogens is 376 g/mol. The molecule has 0 N–H and O–H groups in total. The second-order valence-corrected chi connectivity index (χ2v) is 6.82. The largest absolute Gasteiger partial charge is 0.287 e. The van der Waals surface area contributed by atoms with Gasteiger partial charge in [-0.2, -0.15) is 5.26 Å². The second kappa shape index (κ2) is 6.67. The molecule has 0 saturated carbocycles. The zero-order valence-corrected chi connectivity index (χ0v) is 15.6. The van der Waals surface area contributed by atoms with Gasteiger partial charge in [-0.1, -0.05) is 18.2 Å². The van der Waals surface area contributed by atoms with Crippen molar-refractivity contribution in [3.63, 3.8) is 0 Å². The molecule has 1 aliphatic heterocycles. The number of halogens is 2. The van der Waals surface area contributed by atoms with Gasteiger partial charge < -0.3 is 0 Å². The predicted octanol–water partition coefficient (Wildman–Crippen LogP) is 4.63. The lowest BCUT2D eigenvalue weighted by molar-refractivity contribution is 0.0938. The number of benzene rings is 2. The van der Waals surface area contributed by atoms with E-state index in [9.17, 15) is 23.6 Å². The Morgan fingerprint density at radius 2 is 1.76 bits per heavy atom. The van der Waals surface area contributed by atoms with Crippen molar-refractivity contribution in [1.82, 2.24) is 4.57 Å². The summed E-state index contributed by atoms with van der Waals surface area (Å²) in [6.45, 7) is 3.04. The highest BCUT2D eigenvalue weighted by Gasteiger charge is 2.40. The molecule has 2 aromatic carbocycles. The maximum absolute atomic E-state index is 14.1. The van der Waals surface area contributed by atoms with Gasteiger partial charge in [-0.05, 0) is 30.7 Å². The Balaban J connectivity index is 2.06. The third kappa shape index (κ3) is 2.72. The van der Waals surface area contributed by atoms with Crippen LogP contribution in [0.2, 0.25) is 0 Å². The number of nitriles is 1. The van der Waals surface area contributed by atoms with Crippen molar-refractivity contribution < 1.29 is 18.4 Å². The smallest absolute Gasteiger partial charge is 0.259 e. The first-order chi connectivity index (χ1) is 13.8. The van der Waals surface area contributed by atoms with Gasteiger partial charge in [0.05, 0.1) is 17.5 Å². The van der Waals surface area contributed by atoms with Crippen LogP contribution in [0.3, 0.4) is 0 Å². The Morgan fingerprint density at radius 3 is 2.38 bits per heavy atom. The summed E-state index contributed by atoms with van der Waals surface area (Å²) in [5.74, 6) is -3.12. The zero-order chi connectivity index (χ0) is 20.9. The Labute approximate surface area is 165 Å². The first-order valence-corrected chi connectivity index (χ1v) is 8.85. The molecule has 0 spiro atoms. The maximum atomic E-state index is 14.1. The van der Waals surface area contributed by atoms with Crippen LogP contribution in [0.5, 0.6) is 0 Å². The number of hydrogen-bond donors (Lipinski definition) is 0. The van der Waals surface area contributed by atoms with Crippen molar-refractivity contribution in [1.29, 1.82) is 5.26 Å². The fraction of sp³-hybridized carbons (Fsp3) is 0.136. The summed E-state index contributed by atoms with van der Waals surface area (Å²) in [7, 11) is 0. The summed E-state index contributed by atoms with van der Waals surface area (Å²) in [5.41, 5.74) is 1.84. The van der Waals surface area contributed by atoms with Gasteiger partial charge in [0, 0.05) is 35.9 Å². The third-order valence-electron chi connectivity index (χ3n) is 5.03. The van der Waals surface area contributed by atoms with Gasteiger partial charge in [-0.3, -0.25) is 19.1 Å². The van der Waals surface area contributed by atoms with Crippen molar-refractivity contribution >= 4 is 17.5 Å². The quantitative estimate of drug-likeness (QED) is 0.608. The van der Waals surface area contributed by atoms with Gasteiger partial charge in [0.15, 0.2) is 17.7 Å². The van der Waals surface area contributed by atoms with Crippen LogP contribution in [-0.2, 0) is 0 Å². The Bertz CT molecular complexity index is 1210. The standard InChI is InChI=1S/C22H15F2N3O2/c1-12-11-26(13(2)28)21-15-8-16(23)17(24)9-18(15)27(19(10-25)20(12)21)22(29)14-6-4-3-5-7-14/h3-9,11,19H,1-2H3. The Hall–Kier alpha value is -3.79. The van der Waals surface area contributed by atoms with Crippen LogP contribution in [0.4, 0.5) is 14.5 Å². The van der Waals surface area contributed by atoms with Crippen LogP contribution in [-0.4, -0.2) is 16.4 Å². The molecule has 4 rings (SSSR count). The number of amides is 1. The molecule has 29 heavy (non-hydrogen) atoms. The highest BCUT2D eigenvalue weighted by atomic mass is 19.2. The molecule has 0 radical (unpaired) electrons. The molecule has 5 nitrogen and oxygen atoms in total. The first kappa shape index (κ1) is 18.6. The average molecular weight is 391 g/mol. The maximum Gasteiger partial charge on any atom is 0.259 e. The van der Waals surface area contributed by atoms with E-state index in [2.05, 4.69) is 6.07 Å². The predicted molar refractivity (Wildman–Crippen MR) is 102 cm³/mol. The normalized spacial score (nSPS) is 14.7. The number of aromatic nitrogens is 1. The lowest BCUT2D eigenvalue weighted by Gasteiger charge is -2.34. The summed E-state index contributed by atoms with van der Waals surface area (Å²) < 4.78 is 29.6. The van der Waals surface area contributed by atoms with E-state index in [-0.39, 0.29) is 17.2 Å². The molecule has 2 heterocycles. The minimum Gasteiger partial charge on any atom is -0.287 e. The fourth-order valence-electron chi connectivity index (χ4n) is 3.77. The molecule has 1 aromatic heterocycles. The molecule has 1 unspecified atom stereocenters. The highest BCUT2D eigenvalue weighted by molar-refractivity contribution is 6.11. The van der Waals surface area contributed by atoms with Crippen LogP contribution in [0, 0.1) is 29.9 Å². The molecule has 144 valence electrons. The molecule has 1 amide bonds. The van der Waals surface area contributed by atoms with Gasteiger partial charge in [-0.15, -0.1) is 0 Å². The van der Waals surface area contributed by atoms with E-state index in [4.69, 9.17) is 0 Å².